The normalized spacial score (nSPS) is 12.0. The smallest absolute Gasteiger partial charge is 0.261 e. The number of carbonyl (C=O) groups excluding carboxylic acids is 2. The van der Waals surface area contributed by atoms with Crippen molar-refractivity contribution in [3.8, 4) is 5.75 Å². The molecule has 0 saturated carbocycles. The fraction of sp³-hybridized carbons (Fsp3) is 0.286. The lowest BCUT2D eigenvalue weighted by atomic mass is 10.1. The molecule has 0 bridgehead atoms. The fourth-order valence-corrected chi connectivity index (χ4v) is 4.55. The van der Waals surface area contributed by atoms with Gasteiger partial charge in [-0.25, -0.2) is 12.8 Å². The topological polar surface area (TPSA) is 105 Å². The zero-order valence-corrected chi connectivity index (χ0v) is 22.4. The van der Waals surface area contributed by atoms with Gasteiger partial charge in [-0.2, -0.15) is 0 Å². The highest BCUT2D eigenvalue weighted by atomic mass is 32.2. The minimum absolute atomic E-state index is 0.0262. The molecule has 3 aromatic carbocycles. The molecular formula is C28H32FN3O5S. The van der Waals surface area contributed by atoms with Gasteiger partial charge in [-0.1, -0.05) is 44.2 Å². The second-order valence-electron chi connectivity index (χ2n) is 9.19. The Morgan fingerprint density at radius 1 is 0.921 bits per heavy atom. The third-order valence-corrected chi connectivity index (χ3v) is 7.04. The molecule has 0 fully saturated rings. The molecule has 3 aromatic rings. The summed E-state index contributed by atoms with van der Waals surface area (Å²) in [6.07, 6.45) is 0. The standard InChI is InChI=1S/C28H32FN3O5S/c1-20(2)17-30-28(34)21(3)32(18-22-7-5-4-6-8-22)27(33)19-37-25-13-15-26(16-14-25)38(35,36)31-24-11-9-23(29)10-12-24/h4-16,20-21,31H,17-19H2,1-3H3,(H,30,34)/t21-/m1/s1. The van der Waals surface area contributed by atoms with E-state index in [-0.39, 0.29) is 41.3 Å². The number of sulfonamides is 1. The predicted molar refractivity (Wildman–Crippen MR) is 143 cm³/mol. The molecule has 0 aliphatic heterocycles. The molecule has 0 spiro atoms. The lowest BCUT2D eigenvalue weighted by Gasteiger charge is -2.29. The first-order valence-electron chi connectivity index (χ1n) is 12.2. The van der Waals surface area contributed by atoms with E-state index in [0.717, 1.165) is 17.7 Å². The molecule has 2 N–H and O–H groups in total. The Bertz CT molecular complexity index is 1310. The van der Waals surface area contributed by atoms with E-state index in [4.69, 9.17) is 4.74 Å². The molecule has 0 aliphatic rings. The number of rotatable bonds is 12. The minimum Gasteiger partial charge on any atom is -0.484 e. The summed E-state index contributed by atoms with van der Waals surface area (Å²) in [4.78, 5) is 27.3. The van der Waals surface area contributed by atoms with Gasteiger partial charge in [0.25, 0.3) is 15.9 Å². The third-order valence-electron chi connectivity index (χ3n) is 5.64. The molecule has 0 aromatic heterocycles. The van der Waals surface area contributed by atoms with Crippen LogP contribution in [0.4, 0.5) is 10.1 Å². The number of anilines is 1. The van der Waals surface area contributed by atoms with E-state index in [0.29, 0.717) is 6.54 Å². The number of benzene rings is 3. The first kappa shape index (κ1) is 28.6. The van der Waals surface area contributed by atoms with Gasteiger partial charge >= 0.3 is 0 Å². The summed E-state index contributed by atoms with van der Waals surface area (Å²) in [5.74, 6) is -0.570. The van der Waals surface area contributed by atoms with Crippen molar-refractivity contribution in [3.63, 3.8) is 0 Å². The van der Waals surface area contributed by atoms with Crippen LogP contribution in [-0.4, -0.2) is 44.3 Å². The lowest BCUT2D eigenvalue weighted by Crippen LogP contribution is -2.49. The highest BCUT2D eigenvalue weighted by molar-refractivity contribution is 7.92. The van der Waals surface area contributed by atoms with Gasteiger partial charge in [-0.15, -0.1) is 0 Å². The molecule has 1 atom stereocenters. The summed E-state index contributed by atoms with van der Waals surface area (Å²) in [5, 5.41) is 2.86. The Balaban J connectivity index is 1.66. The van der Waals surface area contributed by atoms with Crippen LogP contribution >= 0.6 is 0 Å². The van der Waals surface area contributed by atoms with Crippen molar-refractivity contribution in [2.45, 2.75) is 38.3 Å². The van der Waals surface area contributed by atoms with Crippen LogP contribution < -0.4 is 14.8 Å². The van der Waals surface area contributed by atoms with Crippen molar-refractivity contribution < 1.29 is 27.1 Å². The molecule has 3 rings (SSSR count). The zero-order valence-electron chi connectivity index (χ0n) is 21.6. The number of hydrogen-bond donors (Lipinski definition) is 2. The predicted octanol–water partition coefficient (Wildman–Crippen LogP) is 4.19. The maximum absolute atomic E-state index is 13.1. The Hall–Kier alpha value is -3.92. The zero-order chi connectivity index (χ0) is 27.7. The maximum Gasteiger partial charge on any atom is 0.261 e. The van der Waals surface area contributed by atoms with Gasteiger partial charge in [0.1, 0.15) is 17.6 Å². The number of ether oxygens (including phenoxy) is 1. The second-order valence-corrected chi connectivity index (χ2v) is 10.9. The third kappa shape index (κ3) is 8.31. The summed E-state index contributed by atoms with van der Waals surface area (Å²) in [6.45, 7) is 6.03. The van der Waals surface area contributed by atoms with Crippen LogP contribution in [0.1, 0.15) is 26.3 Å². The molecule has 0 unspecified atom stereocenters. The molecule has 0 heterocycles. The molecule has 38 heavy (non-hydrogen) atoms. The van der Waals surface area contributed by atoms with Crippen molar-refractivity contribution in [2.24, 2.45) is 5.92 Å². The summed E-state index contributed by atoms with van der Waals surface area (Å²) in [7, 11) is -3.90. The molecule has 2 amide bonds. The highest BCUT2D eigenvalue weighted by Gasteiger charge is 2.26. The molecule has 10 heteroatoms. The van der Waals surface area contributed by atoms with Crippen molar-refractivity contribution in [2.75, 3.05) is 17.9 Å². The van der Waals surface area contributed by atoms with E-state index < -0.39 is 27.8 Å². The van der Waals surface area contributed by atoms with Crippen molar-refractivity contribution in [3.05, 3.63) is 90.2 Å². The molecule has 202 valence electrons. The van der Waals surface area contributed by atoms with Gasteiger partial charge in [0, 0.05) is 18.8 Å². The van der Waals surface area contributed by atoms with E-state index >= 15 is 0 Å². The first-order chi connectivity index (χ1) is 18.0. The average Bonchev–Trinajstić information content (AvgIpc) is 2.90. The van der Waals surface area contributed by atoms with Crippen molar-refractivity contribution >= 4 is 27.5 Å². The van der Waals surface area contributed by atoms with Crippen LogP contribution in [0.25, 0.3) is 0 Å². The van der Waals surface area contributed by atoms with E-state index in [1.165, 1.54) is 41.3 Å². The number of halogens is 1. The molecule has 0 radical (unpaired) electrons. The van der Waals surface area contributed by atoms with Gasteiger partial charge in [-0.3, -0.25) is 14.3 Å². The molecule has 8 nitrogen and oxygen atoms in total. The number of nitrogens with zero attached hydrogens (tertiary/aromatic N) is 1. The van der Waals surface area contributed by atoms with E-state index in [1.807, 2.05) is 44.2 Å². The second kappa shape index (κ2) is 13.0. The van der Waals surface area contributed by atoms with Gasteiger partial charge < -0.3 is 15.0 Å². The van der Waals surface area contributed by atoms with Gasteiger partial charge in [0.15, 0.2) is 6.61 Å². The van der Waals surface area contributed by atoms with E-state index in [2.05, 4.69) is 10.0 Å². The Morgan fingerprint density at radius 2 is 1.55 bits per heavy atom. The van der Waals surface area contributed by atoms with Crippen molar-refractivity contribution in [1.82, 2.24) is 10.2 Å². The van der Waals surface area contributed by atoms with Crippen LogP contribution in [0.5, 0.6) is 5.75 Å². The number of hydrogen-bond acceptors (Lipinski definition) is 5. The van der Waals surface area contributed by atoms with Gasteiger partial charge in [0.05, 0.1) is 4.90 Å². The summed E-state index contributed by atoms with van der Waals surface area (Å²) in [5.41, 5.74) is 1.09. The SMILES string of the molecule is CC(C)CNC(=O)[C@@H](C)N(Cc1ccccc1)C(=O)COc1ccc(S(=O)(=O)Nc2ccc(F)cc2)cc1. The van der Waals surface area contributed by atoms with E-state index in [9.17, 15) is 22.4 Å². The Kier molecular flexibility index (Phi) is 9.84. The van der Waals surface area contributed by atoms with Crippen LogP contribution in [0.2, 0.25) is 0 Å². The van der Waals surface area contributed by atoms with E-state index in [1.54, 1.807) is 6.92 Å². The highest BCUT2D eigenvalue weighted by Crippen LogP contribution is 2.20. The summed E-state index contributed by atoms with van der Waals surface area (Å²) >= 11 is 0. The van der Waals surface area contributed by atoms with Crippen LogP contribution in [0.15, 0.2) is 83.8 Å². The average molecular weight is 542 g/mol. The Labute approximate surface area is 222 Å². The van der Waals surface area contributed by atoms with Crippen LogP contribution in [0, 0.1) is 11.7 Å². The largest absolute Gasteiger partial charge is 0.484 e. The summed E-state index contributed by atoms with van der Waals surface area (Å²) < 4.78 is 46.3. The monoisotopic (exact) mass is 541 g/mol. The summed E-state index contributed by atoms with van der Waals surface area (Å²) in [6, 6.07) is 19.1. The maximum atomic E-state index is 13.1. The minimum atomic E-state index is -3.90. The van der Waals surface area contributed by atoms with Crippen LogP contribution in [-0.2, 0) is 26.2 Å². The lowest BCUT2D eigenvalue weighted by molar-refractivity contribution is -0.142. The molecule has 0 saturated heterocycles. The number of carbonyl (C=O) groups is 2. The molecule has 0 aliphatic carbocycles. The Morgan fingerprint density at radius 3 is 2.16 bits per heavy atom. The van der Waals surface area contributed by atoms with Crippen molar-refractivity contribution in [1.29, 1.82) is 0 Å². The first-order valence-corrected chi connectivity index (χ1v) is 13.7. The number of nitrogens with one attached hydrogen (secondary N) is 2. The number of amides is 2. The quantitative estimate of drug-likeness (QED) is 0.358. The molecular weight excluding hydrogens is 509 g/mol. The van der Waals surface area contributed by atoms with Gasteiger partial charge in [-0.05, 0) is 66.9 Å². The van der Waals surface area contributed by atoms with Crippen LogP contribution in [0.3, 0.4) is 0 Å². The fourth-order valence-electron chi connectivity index (χ4n) is 3.49. The van der Waals surface area contributed by atoms with Gasteiger partial charge in [0.2, 0.25) is 5.91 Å².